The molecular formula is C52H42N2. The quantitative estimate of drug-likeness (QED) is 0.165. The van der Waals surface area contributed by atoms with Crippen LogP contribution >= 0.6 is 0 Å². The van der Waals surface area contributed by atoms with Gasteiger partial charge in [-0.05, 0) is 111 Å². The Labute approximate surface area is 318 Å². The van der Waals surface area contributed by atoms with Crippen molar-refractivity contribution in [3.8, 4) is 55.6 Å². The maximum atomic E-state index is 3.82. The zero-order valence-electron chi connectivity index (χ0n) is 30.9. The zero-order chi connectivity index (χ0) is 36.6. The highest BCUT2D eigenvalue weighted by Crippen LogP contribution is 2.49. The monoisotopic (exact) mass is 694 g/mol. The molecule has 0 heterocycles. The van der Waals surface area contributed by atoms with Gasteiger partial charge in [-0.1, -0.05) is 159 Å². The number of benzene rings is 8. The second-order valence-corrected chi connectivity index (χ2v) is 14.9. The van der Waals surface area contributed by atoms with Crippen LogP contribution < -0.4 is 10.6 Å². The first-order valence-electron chi connectivity index (χ1n) is 18.8. The summed E-state index contributed by atoms with van der Waals surface area (Å²) in [5, 5.41) is 7.52. The largest absolute Gasteiger partial charge is 0.355 e. The Kier molecular flexibility index (Phi) is 8.44. The van der Waals surface area contributed by atoms with Gasteiger partial charge in [-0.25, -0.2) is 0 Å². The summed E-state index contributed by atoms with van der Waals surface area (Å²) in [5.74, 6) is 0. The van der Waals surface area contributed by atoms with Crippen LogP contribution in [0.4, 0.5) is 22.7 Å². The van der Waals surface area contributed by atoms with E-state index in [1.54, 1.807) is 0 Å². The molecule has 0 atom stereocenters. The van der Waals surface area contributed by atoms with Gasteiger partial charge >= 0.3 is 0 Å². The van der Waals surface area contributed by atoms with Crippen molar-refractivity contribution in [2.45, 2.75) is 26.2 Å². The number of aryl methyl sites for hydroxylation is 1. The van der Waals surface area contributed by atoms with E-state index in [1.807, 2.05) is 0 Å². The van der Waals surface area contributed by atoms with E-state index in [-0.39, 0.29) is 5.41 Å². The van der Waals surface area contributed by atoms with Crippen molar-refractivity contribution in [1.29, 1.82) is 0 Å². The molecule has 0 amide bonds. The molecule has 0 saturated heterocycles. The minimum atomic E-state index is -0.0544. The Morgan fingerprint density at radius 2 is 0.907 bits per heavy atom. The lowest BCUT2D eigenvalue weighted by Crippen LogP contribution is -2.15. The van der Waals surface area contributed by atoms with Crippen LogP contribution in [0, 0.1) is 6.92 Å². The molecule has 1 aliphatic rings. The normalized spacial score (nSPS) is 12.5. The molecule has 2 heteroatoms. The molecule has 260 valence electrons. The number of hydrogen-bond donors (Lipinski definition) is 2. The van der Waals surface area contributed by atoms with Crippen LogP contribution in [0.1, 0.15) is 30.5 Å². The standard InChI is InChI=1S/C52H42N2/c1-35-13-11-16-38(31-35)36-23-26-42(27-24-36)53-50-22-10-8-19-44(50)41-18-12-17-39(32-41)40-25-30-51(47(33-40)37-14-5-4-6-15-37)54-43-28-29-46-45-20-7-9-21-48(45)52(2,3)49(46)34-43/h4-34,53-54H,1-3H3. The maximum absolute atomic E-state index is 3.82. The molecule has 0 aliphatic heterocycles. The molecule has 2 N–H and O–H groups in total. The van der Waals surface area contributed by atoms with E-state index in [2.05, 4.69) is 219 Å². The lowest BCUT2D eigenvalue weighted by atomic mass is 9.82. The zero-order valence-corrected chi connectivity index (χ0v) is 30.9. The summed E-state index contributed by atoms with van der Waals surface area (Å²) in [6, 6.07) is 67.9. The second kappa shape index (κ2) is 13.7. The average Bonchev–Trinajstić information content (AvgIpc) is 3.44. The third kappa shape index (κ3) is 6.27. The van der Waals surface area contributed by atoms with Gasteiger partial charge in [0.2, 0.25) is 0 Å². The van der Waals surface area contributed by atoms with Crippen molar-refractivity contribution >= 4 is 22.7 Å². The highest BCUT2D eigenvalue weighted by molar-refractivity contribution is 5.89. The van der Waals surface area contributed by atoms with Crippen molar-refractivity contribution in [1.82, 2.24) is 0 Å². The Balaban J connectivity index is 1.02. The molecule has 54 heavy (non-hydrogen) atoms. The third-order valence-electron chi connectivity index (χ3n) is 10.9. The number of hydrogen-bond acceptors (Lipinski definition) is 2. The summed E-state index contributed by atoms with van der Waals surface area (Å²) in [7, 11) is 0. The summed E-state index contributed by atoms with van der Waals surface area (Å²) in [6.07, 6.45) is 0. The van der Waals surface area contributed by atoms with Crippen LogP contribution in [0.2, 0.25) is 0 Å². The highest BCUT2D eigenvalue weighted by Gasteiger charge is 2.35. The molecular weight excluding hydrogens is 653 g/mol. The predicted octanol–water partition coefficient (Wildman–Crippen LogP) is 14.5. The predicted molar refractivity (Wildman–Crippen MR) is 230 cm³/mol. The van der Waals surface area contributed by atoms with Crippen molar-refractivity contribution in [3.63, 3.8) is 0 Å². The summed E-state index contributed by atoms with van der Waals surface area (Å²) in [5.41, 5.74) is 20.4. The van der Waals surface area contributed by atoms with Crippen molar-refractivity contribution in [3.05, 3.63) is 205 Å². The number of fused-ring (bicyclic) bond motifs is 3. The van der Waals surface area contributed by atoms with E-state index in [4.69, 9.17) is 0 Å². The van der Waals surface area contributed by atoms with E-state index < -0.39 is 0 Å². The van der Waals surface area contributed by atoms with Gasteiger partial charge in [-0.2, -0.15) is 0 Å². The lowest BCUT2D eigenvalue weighted by molar-refractivity contribution is 0.660. The minimum Gasteiger partial charge on any atom is -0.355 e. The summed E-state index contributed by atoms with van der Waals surface area (Å²) in [4.78, 5) is 0. The van der Waals surface area contributed by atoms with Gasteiger partial charge in [0.1, 0.15) is 0 Å². The van der Waals surface area contributed by atoms with Gasteiger partial charge in [0, 0.05) is 39.3 Å². The molecule has 2 nitrogen and oxygen atoms in total. The summed E-state index contributed by atoms with van der Waals surface area (Å²) < 4.78 is 0. The molecule has 0 unspecified atom stereocenters. The third-order valence-corrected chi connectivity index (χ3v) is 10.9. The van der Waals surface area contributed by atoms with Crippen LogP contribution in [0.15, 0.2) is 188 Å². The van der Waals surface area contributed by atoms with Crippen LogP contribution in [-0.2, 0) is 5.41 Å². The molecule has 0 radical (unpaired) electrons. The van der Waals surface area contributed by atoms with Crippen molar-refractivity contribution in [2.24, 2.45) is 0 Å². The molecule has 8 aromatic rings. The number of rotatable bonds is 8. The Bertz CT molecular complexity index is 2630. The Morgan fingerprint density at radius 3 is 1.72 bits per heavy atom. The Morgan fingerprint density at radius 1 is 0.333 bits per heavy atom. The first-order chi connectivity index (χ1) is 26.4. The number of nitrogens with one attached hydrogen (secondary N) is 2. The molecule has 0 saturated carbocycles. The Hall–Kier alpha value is -6.64. The van der Waals surface area contributed by atoms with Gasteiger partial charge in [0.05, 0.1) is 0 Å². The molecule has 0 aromatic heterocycles. The summed E-state index contributed by atoms with van der Waals surface area (Å²) >= 11 is 0. The van der Waals surface area contributed by atoms with Gasteiger partial charge in [0.25, 0.3) is 0 Å². The van der Waals surface area contributed by atoms with Crippen molar-refractivity contribution < 1.29 is 0 Å². The first kappa shape index (κ1) is 33.2. The highest BCUT2D eigenvalue weighted by atomic mass is 14.9. The van der Waals surface area contributed by atoms with E-state index in [9.17, 15) is 0 Å². The van der Waals surface area contributed by atoms with Crippen molar-refractivity contribution in [2.75, 3.05) is 10.6 Å². The second-order valence-electron chi connectivity index (χ2n) is 14.9. The van der Waals surface area contributed by atoms with Crippen LogP contribution in [0.25, 0.3) is 55.6 Å². The molecule has 0 bridgehead atoms. The lowest BCUT2D eigenvalue weighted by Gasteiger charge is -2.22. The fourth-order valence-corrected chi connectivity index (χ4v) is 8.06. The van der Waals surface area contributed by atoms with Gasteiger partial charge in [-0.15, -0.1) is 0 Å². The average molecular weight is 695 g/mol. The smallest absolute Gasteiger partial charge is 0.0464 e. The van der Waals surface area contributed by atoms with Gasteiger partial charge in [0.15, 0.2) is 0 Å². The SMILES string of the molecule is Cc1cccc(-c2ccc(Nc3ccccc3-c3cccc(-c4ccc(Nc5ccc6c(c5)C(C)(C)c5ccccc5-6)c(-c5ccccc5)c4)c3)cc2)c1. The van der Waals surface area contributed by atoms with E-state index in [0.717, 1.165) is 39.4 Å². The molecule has 0 fully saturated rings. The number of para-hydroxylation sites is 1. The fraction of sp³-hybridized carbons (Fsp3) is 0.0769. The molecule has 1 aliphatic carbocycles. The first-order valence-corrected chi connectivity index (χ1v) is 18.8. The number of anilines is 4. The van der Waals surface area contributed by atoms with Crippen LogP contribution in [0.5, 0.6) is 0 Å². The minimum absolute atomic E-state index is 0.0544. The van der Waals surface area contributed by atoms with Crippen LogP contribution in [0.3, 0.4) is 0 Å². The molecule has 0 spiro atoms. The maximum Gasteiger partial charge on any atom is 0.0464 e. The molecule has 9 rings (SSSR count). The summed E-state index contributed by atoms with van der Waals surface area (Å²) in [6.45, 7) is 6.80. The topological polar surface area (TPSA) is 24.1 Å². The van der Waals surface area contributed by atoms with E-state index in [1.165, 1.54) is 55.6 Å². The van der Waals surface area contributed by atoms with Gasteiger partial charge in [-0.3, -0.25) is 0 Å². The van der Waals surface area contributed by atoms with Gasteiger partial charge < -0.3 is 10.6 Å². The fourth-order valence-electron chi connectivity index (χ4n) is 8.06. The van der Waals surface area contributed by atoms with Crippen LogP contribution in [-0.4, -0.2) is 0 Å². The van der Waals surface area contributed by atoms with E-state index in [0.29, 0.717) is 0 Å². The van der Waals surface area contributed by atoms with E-state index >= 15 is 0 Å². The molecule has 8 aromatic carbocycles.